The number of hydrogen-bond donors (Lipinski definition) is 2. The van der Waals surface area contributed by atoms with Crippen LogP contribution in [0.25, 0.3) is 10.8 Å². The number of nitrogens with one attached hydrogen (secondary N) is 2. The lowest BCUT2D eigenvalue weighted by Crippen LogP contribution is -2.30. The molecular weight excluding hydrogens is 487 g/mol. The van der Waals surface area contributed by atoms with E-state index < -0.39 is 0 Å². The standard InChI is InChI=1S/C26H28N4OS.2ClH/c1-18-17-32-26(29-18)30-25-14-24(20(16-28-25)15-27-21-10-3-2-4-11-21)31-23-13-7-9-19-8-5-6-12-22(19)23;;/h5-9,12-14,16-17,21,27H,2-4,10-11,15H2,1H3,(H,28,29,30);2*1H. The molecule has 180 valence electrons. The Hall–Kier alpha value is -2.38. The number of hydrogen-bond acceptors (Lipinski definition) is 6. The van der Waals surface area contributed by atoms with Crippen molar-refractivity contribution in [1.82, 2.24) is 15.3 Å². The van der Waals surface area contributed by atoms with Crippen molar-refractivity contribution < 1.29 is 4.74 Å². The highest BCUT2D eigenvalue weighted by atomic mass is 35.5. The van der Waals surface area contributed by atoms with E-state index in [0.717, 1.165) is 51.0 Å². The molecule has 5 nitrogen and oxygen atoms in total. The van der Waals surface area contributed by atoms with Gasteiger partial charge in [-0.15, -0.1) is 36.2 Å². The SMILES string of the molecule is Cc1csc(Nc2cc(Oc3cccc4ccccc34)c(CNC3CCCCC3)cn2)n1.Cl.Cl. The lowest BCUT2D eigenvalue weighted by Gasteiger charge is -2.23. The van der Waals surface area contributed by atoms with Gasteiger partial charge in [0.15, 0.2) is 5.13 Å². The third kappa shape index (κ3) is 6.39. The molecule has 4 aromatic rings. The lowest BCUT2D eigenvalue weighted by atomic mass is 9.95. The largest absolute Gasteiger partial charge is 0.456 e. The van der Waals surface area contributed by atoms with Crippen LogP contribution in [0.5, 0.6) is 11.5 Å². The minimum atomic E-state index is 0. The highest BCUT2D eigenvalue weighted by Gasteiger charge is 2.15. The van der Waals surface area contributed by atoms with Crippen LogP contribution in [-0.2, 0) is 6.54 Å². The van der Waals surface area contributed by atoms with Crippen molar-refractivity contribution in [3.8, 4) is 11.5 Å². The van der Waals surface area contributed by atoms with Gasteiger partial charge >= 0.3 is 0 Å². The first kappa shape index (κ1) is 26.2. The molecule has 2 aromatic heterocycles. The van der Waals surface area contributed by atoms with Crippen LogP contribution in [0.2, 0.25) is 0 Å². The van der Waals surface area contributed by atoms with Gasteiger partial charge in [-0.1, -0.05) is 55.7 Å². The number of thiazole rings is 1. The molecule has 0 radical (unpaired) electrons. The predicted octanol–water partition coefficient (Wildman–Crippen LogP) is 7.80. The normalized spacial score (nSPS) is 13.7. The number of aromatic nitrogens is 2. The number of halogens is 2. The average Bonchev–Trinajstić information content (AvgIpc) is 3.24. The predicted molar refractivity (Wildman–Crippen MR) is 147 cm³/mol. The Morgan fingerprint density at radius 1 is 1.00 bits per heavy atom. The van der Waals surface area contributed by atoms with Crippen molar-refractivity contribution >= 4 is 57.9 Å². The van der Waals surface area contributed by atoms with Gasteiger partial charge in [0, 0.05) is 41.2 Å². The number of ether oxygens (including phenoxy) is 1. The molecule has 0 unspecified atom stereocenters. The van der Waals surface area contributed by atoms with Gasteiger partial charge in [0.25, 0.3) is 0 Å². The van der Waals surface area contributed by atoms with Crippen LogP contribution in [0.4, 0.5) is 10.9 Å². The van der Waals surface area contributed by atoms with Crippen LogP contribution in [0.1, 0.15) is 43.4 Å². The van der Waals surface area contributed by atoms with Gasteiger partial charge in [-0.3, -0.25) is 0 Å². The fraction of sp³-hybridized carbons (Fsp3) is 0.308. The Labute approximate surface area is 217 Å². The molecule has 1 fully saturated rings. The number of anilines is 2. The summed E-state index contributed by atoms with van der Waals surface area (Å²) in [4.78, 5) is 9.14. The van der Waals surface area contributed by atoms with Gasteiger partial charge in [-0.05, 0) is 31.2 Å². The average molecular weight is 518 g/mol. The van der Waals surface area contributed by atoms with E-state index in [1.54, 1.807) is 11.3 Å². The highest BCUT2D eigenvalue weighted by molar-refractivity contribution is 7.13. The second-order valence-electron chi connectivity index (χ2n) is 8.39. The summed E-state index contributed by atoms with van der Waals surface area (Å²) in [6.07, 6.45) is 8.38. The number of rotatable bonds is 7. The van der Waals surface area contributed by atoms with Crippen molar-refractivity contribution in [2.45, 2.75) is 51.6 Å². The van der Waals surface area contributed by atoms with Crippen molar-refractivity contribution in [2.24, 2.45) is 0 Å². The molecular formula is C26H30Cl2N4OS. The zero-order valence-electron chi connectivity index (χ0n) is 19.1. The first-order chi connectivity index (χ1) is 15.7. The second-order valence-corrected chi connectivity index (χ2v) is 9.25. The second kappa shape index (κ2) is 12.4. The highest BCUT2D eigenvalue weighted by Crippen LogP contribution is 2.33. The Morgan fingerprint density at radius 3 is 2.59 bits per heavy atom. The molecule has 0 spiro atoms. The Kier molecular flexibility index (Phi) is 9.54. The zero-order chi connectivity index (χ0) is 21.8. The van der Waals surface area contributed by atoms with E-state index in [0.29, 0.717) is 6.04 Å². The molecule has 1 saturated carbocycles. The minimum absolute atomic E-state index is 0. The summed E-state index contributed by atoms with van der Waals surface area (Å²) in [5.74, 6) is 2.40. The van der Waals surface area contributed by atoms with E-state index in [2.05, 4.69) is 44.9 Å². The molecule has 0 saturated heterocycles. The van der Waals surface area contributed by atoms with Gasteiger partial charge in [0.05, 0.1) is 5.69 Å². The summed E-state index contributed by atoms with van der Waals surface area (Å²) in [7, 11) is 0. The van der Waals surface area contributed by atoms with E-state index in [9.17, 15) is 0 Å². The van der Waals surface area contributed by atoms with Crippen LogP contribution < -0.4 is 15.4 Å². The molecule has 34 heavy (non-hydrogen) atoms. The maximum atomic E-state index is 6.51. The molecule has 2 heterocycles. The fourth-order valence-electron chi connectivity index (χ4n) is 4.25. The number of nitrogens with zero attached hydrogens (tertiary/aromatic N) is 2. The lowest BCUT2D eigenvalue weighted by molar-refractivity contribution is 0.369. The topological polar surface area (TPSA) is 59.1 Å². The Morgan fingerprint density at radius 2 is 1.79 bits per heavy atom. The van der Waals surface area contributed by atoms with E-state index in [1.165, 1.54) is 32.1 Å². The van der Waals surface area contributed by atoms with E-state index in [4.69, 9.17) is 4.74 Å². The third-order valence-corrected chi connectivity index (χ3v) is 6.83. The van der Waals surface area contributed by atoms with E-state index >= 15 is 0 Å². The molecule has 1 aliphatic rings. The van der Waals surface area contributed by atoms with Gasteiger partial charge in [-0.2, -0.15) is 0 Å². The summed E-state index contributed by atoms with van der Waals surface area (Å²) in [5, 5.41) is 12.2. The third-order valence-electron chi connectivity index (χ3n) is 5.95. The van der Waals surface area contributed by atoms with Gasteiger partial charge in [-0.25, -0.2) is 9.97 Å². The van der Waals surface area contributed by atoms with Crippen molar-refractivity contribution in [2.75, 3.05) is 5.32 Å². The fourth-order valence-corrected chi connectivity index (χ4v) is 4.94. The molecule has 2 N–H and O–H groups in total. The summed E-state index contributed by atoms with van der Waals surface area (Å²) in [5.41, 5.74) is 2.06. The molecule has 2 aromatic carbocycles. The molecule has 0 aliphatic heterocycles. The molecule has 0 atom stereocenters. The van der Waals surface area contributed by atoms with Crippen molar-refractivity contribution in [1.29, 1.82) is 0 Å². The summed E-state index contributed by atoms with van der Waals surface area (Å²) in [6.45, 7) is 2.73. The van der Waals surface area contributed by atoms with E-state index in [-0.39, 0.29) is 24.8 Å². The number of pyridine rings is 1. The monoisotopic (exact) mass is 516 g/mol. The summed E-state index contributed by atoms with van der Waals surface area (Å²) in [6, 6.07) is 17.0. The van der Waals surface area contributed by atoms with Gasteiger partial charge in [0.1, 0.15) is 17.3 Å². The Balaban J connectivity index is 0.00000162. The minimum Gasteiger partial charge on any atom is -0.456 e. The van der Waals surface area contributed by atoms with Crippen LogP contribution >= 0.6 is 36.2 Å². The van der Waals surface area contributed by atoms with Crippen LogP contribution in [-0.4, -0.2) is 16.0 Å². The molecule has 1 aliphatic carbocycles. The van der Waals surface area contributed by atoms with Crippen molar-refractivity contribution in [3.05, 3.63) is 71.4 Å². The maximum absolute atomic E-state index is 6.51. The number of fused-ring (bicyclic) bond motifs is 1. The van der Waals surface area contributed by atoms with Gasteiger partial charge < -0.3 is 15.4 Å². The van der Waals surface area contributed by atoms with Crippen LogP contribution in [0, 0.1) is 6.92 Å². The number of benzene rings is 2. The molecule has 5 rings (SSSR count). The zero-order valence-corrected chi connectivity index (χ0v) is 21.6. The Bertz CT molecular complexity index is 1210. The first-order valence-electron chi connectivity index (χ1n) is 11.3. The first-order valence-corrected chi connectivity index (χ1v) is 12.2. The maximum Gasteiger partial charge on any atom is 0.188 e. The van der Waals surface area contributed by atoms with Gasteiger partial charge in [0.2, 0.25) is 0 Å². The van der Waals surface area contributed by atoms with E-state index in [1.807, 2.05) is 42.8 Å². The summed E-state index contributed by atoms with van der Waals surface area (Å²) >= 11 is 1.57. The molecule has 0 amide bonds. The molecule has 8 heteroatoms. The van der Waals surface area contributed by atoms with Crippen molar-refractivity contribution in [3.63, 3.8) is 0 Å². The van der Waals surface area contributed by atoms with Crippen LogP contribution in [0.15, 0.2) is 60.1 Å². The quantitative estimate of drug-likeness (QED) is 0.262. The smallest absolute Gasteiger partial charge is 0.188 e. The van der Waals surface area contributed by atoms with Crippen LogP contribution in [0.3, 0.4) is 0 Å². The molecule has 0 bridgehead atoms. The summed E-state index contributed by atoms with van der Waals surface area (Å²) < 4.78 is 6.51. The number of aryl methyl sites for hydroxylation is 1.